The summed E-state index contributed by atoms with van der Waals surface area (Å²) in [5, 5.41) is 0. The summed E-state index contributed by atoms with van der Waals surface area (Å²) in [4.78, 5) is 12.0. The predicted octanol–water partition coefficient (Wildman–Crippen LogP) is 4.44. The van der Waals surface area contributed by atoms with Crippen LogP contribution in [0.1, 0.15) is 5.56 Å². The molecule has 3 aromatic rings. The van der Waals surface area contributed by atoms with Gasteiger partial charge in [0.15, 0.2) is 0 Å². The van der Waals surface area contributed by atoms with Crippen LogP contribution < -0.4 is 4.87 Å². The van der Waals surface area contributed by atoms with Crippen LogP contribution in [-0.4, -0.2) is 15.6 Å². The first-order chi connectivity index (χ1) is 11.6. The van der Waals surface area contributed by atoms with Crippen molar-refractivity contribution in [1.29, 1.82) is 0 Å². The number of thioether (sulfide) groups is 1. The normalized spacial score (nSPS) is 10.9. The van der Waals surface area contributed by atoms with Gasteiger partial charge in [0.25, 0.3) is 0 Å². The van der Waals surface area contributed by atoms with Gasteiger partial charge in [-0.3, -0.25) is 9.36 Å². The molecule has 2 aromatic carbocycles. The van der Waals surface area contributed by atoms with Gasteiger partial charge < -0.3 is 4.74 Å². The number of thiocarbonyl (C=S) groups is 1. The molecule has 24 heavy (non-hydrogen) atoms. The van der Waals surface area contributed by atoms with Crippen LogP contribution in [0.3, 0.4) is 0 Å². The Balaban J connectivity index is 1.50. The number of aromatic nitrogens is 1. The van der Waals surface area contributed by atoms with Crippen molar-refractivity contribution in [2.24, 2.45) is 0 Å². The van der Waals surface area contributed by atoms with E-state index in [0.29, 0.717) is 23.3 Å². The molecule has 0 saturated carbocycles. The molecule has 0 amide bonds. The molecule has 0 radical (unpaired) electrons. The van der Waals surface area contributed by atoms with Gasteiger partial charge >= 0.3 is 4.87 Å². The minimum atomic E-state index is -0.254. The minimum Gasteiger partial charge on any atom is -0.477 e. The summed E-state index contributed by atoms with van der Waals surface area (Å²) in [6.45, 7) is 0.802. The fourth-order valence-corrected chi connectivity index (χ4v) is 4.03. The number of hydrogen-bond donors (Lipinski definition) is 0. The smallest absolute Gasteiger partial charge is 0.308 e. The average molecular weight is 380 g/mol. The zero-order valence-corrected chi connectivity index (χ0v) is 15.1. The average Bonchev–Trinajstić information content (AvgIpc) is 2.90. The van der Waals surface area contributed by atoms with Crippen LogP contribution in [-0.2, 0) is 17.0 Å². The van der Waals surface area contributed by atoms with Gasteiger partial charge in [0, 0.05) is 5.75 Å². The Hall–Kier alpha value is -1.70. The van der Waals surface area contributed by atoms with E-state index in [1.807, 2.05) is 24.3 Å². The molecule has 0 aliphatic heterocycles. The number of fused-ring (bicyclic) bond motifs is 1. The van der Waals surface area contributed by atoms with Crippen LogP contribution in [0.25, 0.3) is 10.2 Å². The second-order valence-electron chi connectivity index (χ2n) is 5.00. The number of hydrogen-bond acceptors (Lipinski definition) is 5. The molecule has 0 aliphatic rings. The third-order valence-electron chi connectivity index (χ3n) is 3.38. The quantitative estimate of drug-likeness (QED) is 0.614. The van der Waals surface area contributed by atoms with Crippen LogP contribution in [0.2, 0.25) is 0 Å². The highest BCUT2D eigenvalue weighted by atomic mass is 32.2. The van der Waals surface area contributed by atoms with Crippen molar-refractivity contribution in [2.75, 3.05) is 6.61 Å². The van der Waals surface area contributed by atoms with Crippen molar-refractivity contribution in [3.63, 3.8) is 0 Å². The van der Waals surface area contributed by atoms with Crippen molar-refractivity contribution in [3.05, 3.63) is 69.6 Å². The largest absolute Gasteiger partial charge is 0.477 e. The zero-order valence-electron chi connectivity index (χ0n) is 12.6. The molecule has 7 heteroatoms. The number of nitrogens with zero attached hydrogens (tertiary/aromatic N) is 1. The van der Waals surface area contributed by atoms with Crippen molar-refractivity contribution in [2.45, 2.75) is 12.3 Å². The summed E-state index contributed by atoms with van der Waals surface area (Å²) in [5.41, 5.74) is 1.90. The van der Waals surface area contributed by atoms with Crippen LogP contribution in [0.4, 0.5) is 4.39 Å². The van der Waals surface area contributed by atoms with Gasteiger partial charge in [-0.25, -0.2) is 4.39 Å². The van der Waals surface area contributed by atoms with E-state index in [2.05, 4.69) is 0 Å². The summed E-state index contributed by atoms with van der Waals surface area (Å²) < 4.78 is 21.5. The fourth-order valence-electron chi connectivity index (χ4n) is 2.21. The van der Waals surface area contributed by atoms with E-state index in [-0.39, 0.29) is 10.7 Å². The maximum atomic E-state index is 12.8. The third kappa shape index (κ3) is 4.23. The lowest BCUT2D eigenvalue weighted by Crippen LogP contribution is -2.17. The summed E-state index contributed by atoms with van der Waals surface area (Å²) in [5.74, 6) is 0.372. The van der Waals surface area contributed by atoms with Gasteiger partial charge in [0.1, 0.15) is 12.4 Å². The van der Waals surface area contributed by atoms with Crippen LogP contribution in [0.5, 0.6) is 0 Å². The molecule has 0 saturated heterocycles. The Labute approximate surface area is 152 Å². The Morgan fingerprint density at radius 1 is 1.21 bits per heavy atom. The number of thiazole rings is 1. The molecule has 0 unspecified atom stereocenters. The Morgan fingerprint density at radius 3 is 2.75 bits per heavy atom. The molecule has 0 aliphatic carbocycles. The SMILES string of the molecule is O=c1sc2ccccc2n1CCOC(=S)SCc1ccc(F)cc1. The molecule has 0 N–H and O–H groups in total. The van der Waals surface area contributed by atoms with Gasteiger partial charge in [-0.15, -0.1) is 0 Å². The van der Waals surface area contributed by atoms with Crippen molar-refractivity contribution < 1.29 is 9.13 Å². The predicted molar refractivity (Wildman–Crippen MR) is 102 cm³/mol. The molecule has 124 valence electrons. The molecule has 0 fully saturated rings. The number of rotatable bonds is 5. The summed E-state index contributed by atoms with van der Waals surface area (Å²) in [6, 6.07) is 14.0. The molecule has 3 rings (SSSR count). The van der Waals surface area contributed by atoms with Crippen LogP contribution in [0.15, 0.2) is 53.3 Å². The van der Waals surface area contributed by atoms with Gasteiger partial charge in [-0.1, -0.05) is 47.4 Å². The van der Waals surface area contributed by atoms with Crippen molar-refractivity contribution in [3.8, 4) is 0 Å². The highest BCUT2D eigenvalue weighted by Gasteiger charge is 2.07. The molecule has 1 aromatic heterocycles. The lowest BCUT2D eigenvalue weighted by Gasteiger charge is -2.08. The molecular formula is C17H14FNO2S3. The summed E-state index contributed by atoms with van der Waals surface area (Å²) in [6.07, 6.45) is 0. The van der Waals surface area contributed by atoms with E-state index in [1.165, 1.54) is 35.2 Å². The first-order valence-electron chi connectivity index (χ1n) is 7.26. The lowest BCUT2D eigenvalue weighted by molar-refractivity contribution is 0.302. The molecule has 0 bridgehead atoms. The highest BCUT2D eigenvalue weighted by molar-refractivity contribution is 8.22. The molecule has 0 atom stereocenters. The van der Waals surface area contributed by atoms with E-state index in [4.69, 9.17) is 17.0 Å². The maximum Gasteiger partial charge on any atom is 0.308 e. The minimum absolute atomic E-state index is 0.00434. The summed E-state index contributed by atoms with van der Waals surface area (Å²) in [7, 11) is 0. The number of ether oxygens (including phenoxy) is 1. The van der Waals surface area contributed by atoms with Gasteiger partial charge in [-0.05, 0) is 42.0 Å². The van der Waals surface area contributed by atoms with Gasteiger partial charge in [-0.2, -0.15) is 0 Å². The monoisotopic (exact) mass is 379 g/mol. The van der Waals surface area contributed by atoms with E-state index in [0.717, 1.165) is 15.8 Å². The van der Waals surface area contributed by atoms with Crippen LogP contribution >= 0.6 is 35.3 Å². The van der Waals surface area contributed by atoms with E-state index < -0.39 is 0 Å². The maximum absolute atomic E-state index is 12.8. The van der Waals surface area contributed by atoms with Gasteiger partial charge in [0.2, 0.25) is 4.38 Å². The second kappa shape index (κ2) is 7.92. The lowest BCUT2D eigenvalue weighted by atomic mass is 10.2. The summed E-state index contributed by atoms with van der Waals surface area (Å²) >= 11 is 7.80. The zero-order chi connectivity index (χ0) is 16.9. The first kappa shape index (κ1) is 17.1. The number of halogens is 1. The fraction of sp³-hybridized carbons (Fsp3) is 0.176. The molecule has 0 spiro atoms. The van der Waals surface area contributed by atoms with Crippen molar-refractivity contribution >= 4 is 49.9 Å². The van der Waals surface area contributed by atoms with E-state index in [1.54, 1.807) is 16.7 Å². The second-order valence-corrected chi connectivity index (χ2v) is 7.57. The number of benzene rings is 2. The Bertz CT molecular complexity index is 902. The Kier molecular flexibility index (Phi) is 5.65. The van der Waals surface area contributed by atoms with Gasteiger partial charge in [0.05, 0.1) is 16.8 Å². The van der Waals surface area contributed by atoms with E-state index >= 15 is 0 Å². The first-order valence-corrected chi connectivity index (χ1v) is 9.47. The number of para-hydroxylation sites is 1. The molecule has 1 heterocycles. The molecule has 3 nitrogen and oxygen atoms in total. The Morgan fingerprint density at radius 2 is 1.96 bits per heavy atom. The van der Waals surface area contributed by atoms with Crippen LogP contribution in [0, 0.1) is 5.82 Å². The van der Waals surface area contributed by atoms with E-state index in [9.17, 15) is 9.18 Å². The highest BCUT2D eigenvalue weighted by Crippen LogP contribution is 2.17. The molecular weight excluding hydrogens is 365 g/mol. The van der Waals surface area contributed by atoms with Crippen molar-refractivity contribution in [1.82, 2.24) is 4.57 Å². The standard InChI is InChI=1S/C17H14FNO2S3/c18-13-7-5-12(6-8-13)11-23-17(22)21-10-9-19-14-3-1-2-4-15(14)24-16(19)20/h1-8H,9-11H2. The third-order valence-corrected chi connectivity index (χ3v) is 5.64. The topological polar surface area (TPSA) is 31.2 Å².